The first-order chi connectivity index (χ1) is 12.7. The number of likely N-dealkylation sites (tertiary alicyclic amines) is 2. The molecule has 0 aromatic rings. The second-order valence-electron chi connectivity index (χ2n) is 8.20. The molecule has 2 saturated heterocycles. The van der Waals surface area contributed by atoms with Crippen LogP contribution in [0, 0.1) is 5.92 Å². The molecule has 0 aromatic carbocycles. The second kappa shape index (κ2) is 11.7. The Labute approximate surface area is 170 Å². The molecule has 2 heterocycles. The summed E-state index contributed by atoms with van der Waals surface area (Å²) in [4.78, 5) is 28.9. The average molecular weight is 401 g/mol. The van der Waals surface area contributed by atoms with Crippen LogP contribution in [0.1, 0.15) is 64.2 Å². The minimum absolute atomic E-state index is 0. The molecule has 2 N–H and O–H groups in total. The molecule has 0 spiro atoms. The van der Waals surface area contributed by atoms with Gasteiger partial charge in [-0.25, -0.2) is 4.79 Å². The molecule has 1 atom stereocenters. The van der Waals surface area contributed by atoms with Crippen molar-refractivity contribution in [2.24, 2.45) is 5.92 Å². The van der Waals surface area contributed by atoms with E-state index in [9.17, 15) is 9.59 Å². The molecule has 3 rings (SSSR count). The highest BCUT2D eigenvalue weighted by Gasteiger charge is 2.31. The molecule has 156 valence electrons. The third-order valence-electron chi connectivity index (χ3n) is 6.15. The second-order valence-corrected chi connectivity index (χ2v) is 8.20. The molecule has 27 heavy (non-hydrogen) atoms. The summed E-state index contributed by atoms with van der Waals surface area (Å²) in [5.41, 5.74) is 0. The van der Waals surface area contributed by atoms with Gasteiger partial charge >= 0.3 is 6.03 Å². The number of halogens is 1. The van der Waals surface area contributed by atoms with Crippen LogP contribution >= 0.6 is 12.4 Å². The third kappa shape index (κ3) is 6.83. The Balaban J connectivity index is 0.00000261. The van der Waals surface area contributed by atoms with Gasteiger partial charge in [0.1, 0.15) is 0 Å². The fourth-order valence-electron chi connectivity index (χ4n) is 4.56. The van der Waals surface area contributed by atoms with Gasteiger partial charge in [0.05, 0.1) is 5.92 Å². The van der Waals surface area contributed by atoms with Crippen LogP contribution in [0.3, 0.4) is 0 Å². The fraction of sp³-hybridized carbons (Fsp3) is 0.900. The Hall–Kier alpha value is -1.01. The number of nitrogens with zero attached hydrogens (tertiary/aromatic N) is 2. The molecule has 7 heteroatoms. The predicted molar refractivity (Wildman–Crippen MR) is 110 cm³/mol. The van der Waals surface area contributed by atoms with Crippen LogP contribution in [0.25, 0.3) is 0 Å². The van der Waals surface area contributed by atoms with Crippen molar-refractivity contribution in [1.82, 2.24) is 20.4 Å². The van der Waals surface area contributed by atoms with Gasteiger partial charge in [-0.1, -0.05) is 25.7 Å². The van der Waals surface area contributed by atoms with Crippen molar-refractivity contribution in [3.8, 4) is 0 Å². The zero-order valence-corrected chi connectivity index (χ0v) is 17.4. The number of carbonyl (C=O) groups is 2. The van der Waals surface area contributed by atoms with Crippen LogP contribution < -0.4 is 10.6 Å². The van der Waals surface area contributed by atoms with E-state index in [1.807, 2.05) is 9.80 Å². The largest absolute Gasteiger partial charge is 0.355 e. The highest BCUT2D eigenvalue weighted by molar-refractivity contribution is 5.85. The van der Waals surface area contributed by atoms with Crippen LogP contribution in [0.2, 0.25) is 0 Å². The minimum atomic E-state index is -0.0480. The smallest absolute Gasteiger partial charge is 0.320 e. The first-order valence-electron chi connectivity index (χ1n) is 10.8. The zero-order chi connectivity index (χ0) is 18.2. The third-order valence-corrected chi connectivity index (χ3v) is 6.15. The highest BCUT2D eigenvalue weighted by atomic mass is 35.5. The van der Waals surface area contributed by atoms with Crippen LogP contribution in [0.5, 0.6) is 0 Å². The molecular weight excluding hydrogens is 364 g/mol. The summed E-state index contributed by atoms with van der Waals surface area (Å²) in [6.45, 7) is 4.66. The van der Waals surface area contributed by atoms with Gasteiger partial charge in [0.15, 0.2) is 0 Å². The summed E-state index contributed by atoms with van der Waals surface area (Å²) in [5.74, 6) is 0.0692. The first-order valence-corrected chi connectivity index (χ1v) is 10.8. The molecule has 2 aliphatic heterocycles. The predicted octanol–water partition coefficient (Wildman–Crippen LogP) is 2.76. The number of nitrogens with one attached hydrogen (secondary N) is 2. The maximum atomic E-state index is 12.5. The highest BCUT2D eigenvalue weighted by Crippen LogP contribution is 2.20. The van der Waals surface area contributed by atoms with E-state index < -0.39 is 0 Å². The van der Waals surface area contributed by atoms with E-state index in [-0.39, 0.29) is 30.3 Å². The first kappa shape index (κ1) is 22.3. The van der Waals surface area contributed by atoms with Crippen LogP contribution in [0.4, 0.5) is 4.79 Å². The van der Waals surface area contributed by atoms with Gasteiger partial charge in [0, 0.05) is 45.3 Å². The van der Waals surface area contributed by atoms with E-state index >= 15 is 0 Å². The van der Waals surface area contributed by atoms with Crippen LogP contribution in [-0.4, -0.2) is 67.0 Å². The van der Waals surface area contributed by atoms with E-state index in [0.717, 1.165) is 51.9 Å². The number of rotatable bonds is 5. The Bertz CT molecular complexity index is 463. The summed E-state index contributed by atoms with van der Waals surface area (Å²) < 4.78 is 0. The Morgan fingerprint density at radius 2 is 1.44 bits per heavy atom. The van der Waals surface area contributed by atoms with Crippen molar-refractivity contribution in [2.45, 2.75) is 70.3 Å². The minimum Gasteiger partial charge on any atom is -0.355 e. The SMILES string of the molecule is Cl.O=C(NCCNC1CCCCCC1)C1CCCN(C(=O)N2CCCC2)C1. The number of hydrogen-bond donors (Lipinski definition) is 2. The van der Waals surface area contributed by atoms with Gasteiger partial charge in [-0.3, -0.25) is 4.79 Å². The number of carbonyl (C=O) groups excluding carboxylic acids is 2. The molecule has 1 unspecified atom stereocenters. The monoisotopic (exact) mass is 400 g/mol. The van der Waals surface area contributed by atoms with Crippen molar-refractivity contribution in [3.05, 3.63) is 0 Å². The summed E-state index contributed by atoms with van der Waals surface area (Å²) >= 11 is 0. The quantitative estimate of drug-likeness (QED) is 0.551. The summed E-state index contributed by atoms with van der Waals surface area (Å²) in [6.07, 6.45) is 12.0. The lowest BCUT2D eigenvalue weighted by molar-refractivity contribution is -0.126. The molecule has 0 aromatic heterocycles. The van der Waals surface area contributed by atoms with E-state index in [2.05, 4.69) is 10.6 Å². The van der Waals surface area contributed by atoms with Crippen molar-refractivity contribution < 1.29 is 9.59 Å². The van der Waals surface area contributed by atoms with E-state index in [4.69, 9.17) is 0 Å². The fourth-order valence-corrected chi connectivity index (χ4v) is 4.56. The molecule has 0 bridgehead atoms. The molecule has 0 radical (unpaired) electrons. The standard InChI is InChI=1S/C20H36N4O2.ClH/c25-19(22-12-11-21-18-9-3-1-2-4-10-18)17-8-7-15-24(16-17)20(26)23-13-5-6-14-23;/h17-18,21H,1-16H2,(H,22,25);1H. The molecule has 3 aliphatic rings. The van der Waals surface area contributed by atoms with Gasteiger partial charge in [-0.2, -0.15) is 0 Å². The number of hydrogen-bond acceptors (Lipinski definition) is 3. The van der Waals surface area contributed by atoms with Crippen molar-refractivity contribution >= 4 is 24.3 Å². The summed E-state index contributed by atoms with van der Waals surface area (Å²) in [6, 6.07) is 0.757. The molecule has 6 nitrogen and oxygen atoms in total. The van der Waals surface area contributed by atoms with Crippen molar-refractivity contribution in [3.63, 3.8) is 0 Å². The molecule has 3 fully saturated rings. The van der Waals surface area contributed by atoms with Gasteiger partial charge in [0.25, 0.3) is 0 Å². The van der Waals surface area contributed by atoms with Gasteiger partial charge < -0.3 is 20.4 Å². The Morgan fingerprint density at radius 3 is 2.15 bits per heavy atom. The zero-order valence-electron chi connectivity index (χ0n) is 16.6. The number of piperidine rings is 1. The summed E-state index contributed by atoms with van der Waals surface area (Å²) in [7, 11) is 0. The maximum absolute atomic E-state index is 12.5. The normalized spacial score (nSPS) is 24.2. The molecule has 3 amide bonds. The van der Waals surface area contributed by atoms with Crippen LogP contribution in [0.15, 0.2) is 0 Å². The van der Waals surface area contributed by atoms with E-state index in [1.54, 1.807) is 0 Å². The lowest BCUT2D eigenvalue weighted by Gasteiger charge is -2.34. The van der Waals surface area contributed by atoms with Crippen LogP contribution in [-0.2, 0) is 4.79 Å². The Morgan fingerprint density at radius 1 is 0.778 bits per heavy atom. The molecule has 1 aliphatic carbocycles. The summed E-state index contributed by atoms with van der Waals surface area (Å²) in [5, 5.41) is 6.68. The van der Waals surface area contributed by atoms with E-state index in [0.29, 0.717) is 19.1 Å². The van der Waals surface area contributed by atoms with Crippen molar-refractivity contribution in [2.75, 3.05) is 39.3 Å². The van der Waals surface area contributed by atoms with Gasteiger partial charge in [-0.05, 0) is 38.5 Å². The van der Waals surface area contributed by atoms with Gasteiger partial charge in [0.2, 0.25) is 5.91 Å². The maximum Gasteiger partial charge on any atom is 0.320 e. The Kier molecular flexibility index (Phi) is 9.69. The average Bonchev–Trinajstić information content (AvgIpc) is 3.09. The number of amides is 3. The lowest BCUT2D eigenvalue weighted by Crippen LogP contribution is -2.50. The molecular formula is C20H37ClN4O2. The molecule has 1 saturated carbocycles. The number of urea groups is 1. The van der Waals surface area contributed by atoms with E-state index in [1.165, 1.54) is 38.5 Å². The topological polar surface area (TPSA) is 64.7 Å². The van der Waals surface area contributed by atoms with Gasteiger partial charge in [-0.15, -0.1) is 12.4 Å². The lowest BCUT2D eigenvalue weighted by atomic mass is 9.97. The van der Waals surface area contributed by atoms with Crippen molar-refractivity contribution in [1.29, 1.82) is 0 Å².